The Balaban J connectivity index is 1.45. The van der Waals surface area contributed by atoms with Gasteiger partial charge in [0.15, 0.2) is 17.5 Å². The number of hydrogen-bond donors (Lipinski definition) is 0. The van der Waals surface area contributed by atoms with Gasteiger partial charge in [0.05, 0.1) is 5.56 Å². The van der Waals surface area contributed by atoms with Gasteiger partial charge in [-0.1, -0.05) is 133 Å². The van der Waals surface area contributed by atoms with Gasteiger partial charge in [0.2, 0.25) is 0 Å². The predicted molar refractivity (Wildman–Crippen MR) is 189 cm³/mol. The first kappa shape index (κ1) is 28.4. The summed E-state index contributed by atoms with van der Waals surface area (Å²) in [5, 5.41) is 2.12. The van der Waals surface area contributed by atoms with Crippen LogP contribution in [0.3, 0.4) is 0 Å². The van der Waals surface area contributed by atoms with E-state index in [0.29, 0.717) is 17.5 Å². The Kier molecular flexibility index (Phi) is 6.14. The molecule has 0 fully saturated rings. The lowest BCUT2D eigenvalue weighted by Gasteiger charge is -2.44. The zero-order chi connectivity index (χ0) is 31.8. The summed E-state index contributed by atoms with van der Waals surface area (Å²) >= 11 is 0. The van der Waals surface area contributed by atoms with Crippen LogP contribution in [0.4, 0.5) is 0 Å². The zero-order valence-corrected chi connectivity index (χ0v) is 27.2. The van der Waals surface area contributed by atoms with Gasteiger partial charge in [0.1, 0.15) is 11.2 Å². The fourth-order valence-corrected chi connectivity index (χ4v) is 7.39. The van der Waals surface area contributed by atoms with E-state index in [1.54, 1.807) is 0 Å². The van der Waals surface area contributed by atoms with Gasteiger partial charge >= 0.3 is 0 Å². The Bertz CT molecular complexity index is 2280. The van der Waals surface area contributed by atoms with Crippen molar-refractivity contribution in [1.29, 1.82) is 0 Å². The summed E-state index contributed by atoms with van der Waals surface area (Å²) in [6.45, 7) is 14.3. The van der Waals surface area contributed by atoms with E-state index in [1.165, 1.54) is 11.1 Å². The van der Waals surface area contributed by atoms with Gasteiger partial charge in [0, 0.05) is 21.9 Å². The first-order chi connectivity index (χ1) is 22.1. The van der Waals surface area contributed by atoms with Crippen LogP contribution in [-0.4, -0.2) is 15.0 Å². The third kappa shape index (κ3) is 4.02. The highest BCUT2D eigenvalue weighted by molar-refractivity contribution is 6.09. The van der Waals surface area contributed by atoms with E-state index in [9.17, 15) is 0 Å². The van der Waals surface area contributed by atoms with Crippen molar-refractivity contribution in [3.63, 3.8) is 0 Å². The second kappa shape index (κ2) is 9.95. The molecule has 0 atom stereocenters. The largest absolute Gasteiger partial charge is 0.455 e. The molecular formula is C42H37N3O. The molecule has 0 saturated carbocycles. The SMILES string of the molecule is CC1(C)c2cc(-c3ccccc3)c(-c3nc(-c4ccccc4)nc(-c4cccc5c4oc4ccccc45)n3)cc2C(C)(C)C1(C)C. The minimum atomic E-state index is -0.0756. The van der Waals surface area contributed by atoms with Crippen molar-refractivity contribution in [3.05, 3.63) is 126 Å². The lowest BCUT2D eigenvalue weighted by atomic mass is 9.59. The minimum Gasteiger partial charge on any atom is -0.455 e. The highest BCUT2D eigenvalue weighted by atomic mass is 16.3. The van der Waals surface area contributed by atoms with E-state index >= 15 is 0 Å². The number of furan rings is 1. The van der Waals surface area contributed by atoms with Gasteiger partial charge < -0.3 is 4.42 Å². The van der Waals surface area contributed by atoms with E-state index in [-0.39, 0.29) is 16.2 Å². The van der Waals surface area contributed by atoms with Crippen LogP contribution in [0.2, 0.25) is 0 Å². The molecule has 0 radical (unpaired) electrons. The van der Waals surface area contributed by atoms with E-state index in [0.717, 1.165) is 49.8 Å². The summed E-state index contributed by atoms with van der Waals surface area (Å²) in [5.41, 5.74) is 9.32. The molecule has 1 aliphatic carbocycles. The smallest absolute Gasteiger partial charge is 0.167 e. The van der Waals surface area contributed by atoms with Crippen molar-refractivity contribution in [1.82, 2.24) is 15.0 Å². The van der Waals surface area contributed by atoms with Crippen LogP contribution in [-0.2, 0) is 10.8 Å². The van der Waals surface area contributed by atoms with Crippen LogP contribution in [0.25, 0.3) is 67.2 Å². The highest BCUT2D eigenvalue weighted by Crippen LogP contribution is 2.62. The molecule has 0 spiro atoms. The lowest BCUT2D eigenvalue weighted by Crippen LogP contribution is -2.42. The molecule has 1 aliphatic rings. The predicted octanol–water partition coefficient (Wildman–Crippen LogP) is 11.0. The molecule has 226 valence electrons. The standard InChI is InChI=1S/C42H37N3O/c1-40(2)33-24-31(26-16-9-7-10-17-26)32(25-34(33)41(3,4)42(40,5)6)39-44-37(27-18-11-8-12-19-27)43-38(45-39)30-22-15-21-29-28-20-13-14-23-35(28)46-36(29)30/h7-25H,1-6H3. The summed E-state index contributed by atoms with van der Waals surface area (Å²) in [7, 11) is 0. The van der Waals surface area contributed by atoms with Crippen LogP contribution < -0.4 is 0 Å². The van der Waals surface area contributed by atoms with E-state index in [1.807, 2.05) is 42.5 Å². The molecule has 0 N–H and O–H groups in total. The maximum absolute atomic E-state index is 6.46. The molecular weight excluding hydrogens is 562 g/mol. The molecule has 0 unspecified atom stereocenters. The Morgan fingerprint density at radius 1 is 0.457 bits per heavy atom. The lowest BCUT2D eigenvalue weighted by molar-refractivity contribution is 0.125. The molecule has 2 heterocycles. The molecule has 4 heteroatoms. The molecule has 46 heavy (non-hydrogen) atoms. The van der Waals surface area contributed by atoms with E-state index in [4.69, 9.17) is 19.4 Å². The summed E-state index contributed by atoms with van der Waals surface area (Å²) in [4.78, 5) is 15.6. The fourth-order valence-electron chi connectivity index (χ4n) is 7.39. The van der Waals surface area contributed by atoms with Gasteiger partial charge in [-0.15, -0.1) is 0 Å². The topological polar surface area (TPSA) is 51.8 Å². The number of rotatable bonds is 4. The molecule has 8 rings (SSSR count). The van der Waals surface area contributed by atoms with E-state index < -0.39 is 0 Å². The van der Waals surface area contributed by atoms with Gasteiger partial charge in [-0.05, 0) is 62.8 Å². The monoisotopic (exact) mass is 599 g/mol. The maximum Gasteiger partial charge on any atom is 0.167 e. The number of fused-ring (bicyclic) bond motifs is 4. The molecule has 0 aliphatic heterocycles. The Labute approximate surface area is 270 Å². The first-order valence-corrected chi connectivity index (χ1v) is 16.0. The fraction of sp³-hybridized carbons (Fsp3) is 0.214. The molecule has 2 aromatic heterocycles. The second-order valence-corrected chi connectivity index (χ2v) is 14.1. The molecule has 0 amide bonds. The zero-order valence-electron chi connectivity index (χ0n) is 27.2. The third-order valence-corrected chi connectivity index (χ3v) is 11.3. The number of benzene rings is 5. The molecule has 0 saturated heterocycles. The van der Waals surface area contributed by atoms with Crippen LogP contribution in [0.1, 0.15) is 52.7 Å². The van der Waals surface area contributed by atoms with Crippen molar-refractivity contribution in [2.24, 2.45) is 5.41 Å². The van der Waals surface area contributed by atoms with Crippen molar-refractivity contribution in [2.45, 2.75) is 52.4 Å². The highest BCUT2D eigenvalue weighted by Gasteiger charge is 2.57. The van der Waals surface area contributed by atoms with Crippen LogP contribution in [0.5, 0.6) is 0 Å². The average Bonchev–Trinajstić information content (AvgIpc) is 3.51. The molecule has 7 aromatic rings. The molecule has 0 bridgehead atoms. The van der Waals surface area contributed by atoms with Crippen LogP contribution in [0.15, 0.2) is 120 Å². The van der Waals surface area contributed by atoms with Gasteiger partial charge in [-0.2, -0.15) is 0 Å². The summed E-state index contributed by atoms with van der Waals surface area (Å²) < 4.78 is 6.46. The van der Waals surface area contributed by atoms with Crippen molar-refractivity contribution >= 4 is 21.9 Å². The quantitative estimate of drug-likeness (QED) is 0.202. The molecule has 5 aromatic carbocycles. The van der Waals surface area contributed by atoms with Crippen molar-refractivity contribution < 1.29 is 4.42 Å². The third-order valence-electron chi connectivity index (χ3n) is 11.3. The number of para-hydroxylation sites is 2. The van der Waals surface area contributed by atoms with Crippen LogP contribution in [0, 0.1) is 5.41 Å². The second-order valence-electron chi connectivity index (χ2n) is 14.1. The summed E-state index contributed by atoms with van der Waals surface area (Å²) in [6.07, 6.45) is 0. The van der Waals surface area contributed by atoms with Gasteiger partial charge in [0.25, 0.3) is 0 Å². The number of nitrogens with zero attached hydrogens (tertiary/aromatic N) is 3. The number of aromatic nitrogens is 3. The summed E-state index contributed by atoms with van der Waals surface area (Å²) in [5.74, 6) is 1.87. The Morgan fingerprint density at radius 2 is 0.978 bits per heavy atom. The van der Waals surface area contributed by atoms with Crippen molar-refractivity contribution in [2.75, 3.05) is 0 Å². The maximum atomic E-state index is 6.46. The van der Waals surface area contributed by atoms with Crippen LogP contribution >= 0.6 is 0 Å². The Hall–Kier alpha value is -5.09. The first-order valence-electron chi connectivity index (χ1n) is 16.0. The summed E-state index contributed by atoms with van der Waals surface area (Å²) in [6, 6.07) is 39.9. The normalized spacial score (nSPS) is 16.1. The van der Waals surface area contributed by atoms with Gasteiger partial charge in [-0.3, -0.25) is 0 Å². The van der Waals surface area contributed by atoms with Gasteiger partial charge in [-0.25, -0.2) is 15.0 Å². The molecule has 4 nitrogen and oxygen atoms in total. The average molecular weight is 600 g/mol. The Morgan fingerprint density at radius 3 is 1.65 bits per heavy atom. The number of hydrogen-bond acceptors (Lipinski definition) is 4. The van der Waals surface area contributed by atoms with Crippen molar-refractivity contribution in [3.8, 4) is 45.3 Å². The minimum absolute atomic E-state index is 0.0192. The van der Waals surface area contributed by atoms with E-state index in [2.05, 4.69) is 114 Å².